The van der Waals surface area contributed by atoms with Gasteiger partial charge in [-0.15, -0.1) is 0 Å². The maximum atomic E-state index is 13.1. The number of carbonyl (C=O) groups excluding carboxylic acids is 1. The maximum absolute atomic E-state index is 13.1. The topological polar surface area (TPSA) is 100 Å². The first-order valence-electron chi connectivity index (χ1n) is 10.4. The van der Waals surface area contributed by atoms with Crippen LogP contribution < -0.4 is 14.8 Å². The van der Waals surface area contributed by atoms with E-state index in [2.05, 4.69) is 15.0 Å². The van der Waals surface area contributed by atoms with Gasteiger partial charge in [-0.3, -0.25) is 14.5 Å². The standard InChI is InChI=1S/C23H30N4O4S/c1-15(2)21(25-22-17-11-7-9-13-20(17)32(29,30)26-22)23(28)24-14-18(27(3)4)16-10-6-8-12-19(16)31-5/h6-13,15,18,21H,14H2,1-5H3,(H,24,28)(H,25,26)/t18?,21-/m0/s1. The van der Waals surface area contributed by atoms with Crippen LogP contribution in [0.3, 0.4) is 0 Å². The zero-order valence-electron chi connectivity index (χ0n) is 19.0. The van der Waals surface area contributed by atoms with Crippen LogP contribution in [-0.4, -0.2) is 58.9 Å². The lowest BCUT2D eigenvalue weighted by molar-refractivity contribution is -0.123. The van der Waals surface area contributed by atoms with Crippen LogP contribution in [-0.2, 0) is 14.8 Å². The lowest BCUT2D eigenvalue weighted by Crippen LogP contribution is -2.42. The first-order chi connectivity index (χ1) is 15.2. The first-order valence-corrected chi connectivity index (χ1v) is 11.9. The van der Waals surface area contributed by atoms with Crippen LogP contribution in [0.25, 0.3) is 0 Å². The lowest BCUT2D eigenvalue weighted by Gasteiger charge is -2.27. The van der Waals surface area contributed by atoms with E-state index in [-0.39, 0.29) is 28.6 Å². The summed E-state index contributed by atoms with van der Waals surface area (Å²) in [5, 5.41) is 2.99. The van der Waals surface area contributed by atoms with Crippen LogP contribution in [0.4, 0.5) is 0 Å². The molecule has 1 amide bonds. The van der Waals surface area contributed by atoms with Gasteiger partial charge in [0.1, 0.15) is 17.6 Å². The van der Waals surface area contributed by atoms with Gasteiger partial charge in [-0.1, -0.05) is 44.2 Å². The van der Waals surface area contributed by atoms with Crippen molar-refractivity contribution in [1.29, 1.82) is 0 Å². The summed E-state index contributed by atoms with van der Waals surface area (Å²) in [6.07, 6.45) is 0. The molecular weight excluding hydrogens is 428 g/mol. The van der Waals surface area contributed by atoms with E-state index in [1.165, 1.54) is 6.07 Å². The van der Waals surface area contributed by atoms with Crippen LogP contribution in [0, 0.1) is 5.92 Å². The van der Waals surface area contributed by atoms with Crippen LogP contribution in [0.5, 0.6) is 5.75 Å². The monoisotopic (exact) mass is 458 g/mol. The fraction of sp³-hybridized carbons (Fsp3) is 0.391. The summed E-state index contributed by atoms with van der Waals surface area (Å²) in [6, 6.07) is 13.5. The van der Waals surface area contributed by atoms with Crippen molar-refractivity contribution in [3.05, 3.63) is 59.7 Å². The molecule has 0 fully saturated rings. The van der Waals surface area contributed by atoms with Crippen molar-refractivity contribution >= 4 is 21.8 Å². The van der Waals surface area contributed by atoms with E-state index in [4.69, 9.17) is 4.74 Å². The minimum Gasteiger partial charge on any atom is -0.496 e. The van der Waals surface area contributed by atoms with Gasteiger partial charge < -0.3 is 15.0 Å². The van der Waals surface area contributed by atoms with Gasteiger partial charge in [0.25, 0.3) is 10.0 Å². The molecule has 0 aromatic heterocycles. The summed E-state index contributed by atoms with van der Waals surface area (Å²) in [4.78, 5) is 19.8. The van der Waals surface area contributed by atoms with Gasteiger partial charge in [-0.05, 0) is 38.2 Å². The minimum absolute atomic E-state index is 0.110. The Morgan fingerprint density at radius 3 is 2.44 bits per heavy atom. The van der Waals surface area contributed by atoms with Crippen molar-refractivity contribution in [2.45, 2.75) is 30.8 Å². The van der Waals surface area contributed by atoms with E-state index in [1.807, 2.05) is 57.1 Å². The average Bonchev–Trinajstić information content (AvgIpc) is 3.02. The lowest BCUT2D eigenvalue weighted by atomic mass is 10.0. The molecule has 2 aromatic carbocycles. The highest BCUT2D eigenvalue weighted by Gasteiger charge is 2.33. The van der Waals surface area contributed by atoms with Crippen molar-refractivity contribution < 1.29 is 17.9 Å². The third-order valence-corrected chi connectivity index (χ3v) is 6.82. The van der Waals surface area contributed by atoms with Gasteiger partial charge >= 0.3 is 0 Å². The number of amides is 1. The molecule has 0 saturated carbocycles. The van der Waals surface area contributed by atoms with Gasteiger partial charge in [0, 0.05) is 17.7 Å². The molecule has 0 aliphatic carbocycles. The summed E-state index contributed by atoms with van der Waals surface area (Å²) >= 11 is 0. The number of ether oxygens (including phenoxy) is 1. The molecular formula is C23H30N4O4S. The number of hydrogen-bond acceptors (Lipinski definition) is 6. The molecule has 1 unspecified atom stereocenters. The van der Waals surface area contributed by atoms with E-state index in [0.29, 0.717) is 12.1 Å². The van der Waals surface area contributed by atoms with Crippen LogP contribution in [0.15, 0.2) is 58.4 Å². The van der Waals surface area contributed by atoms with E-state index in [1.54, 1.807) is 25.3 Å². The molecule has 8 nitrogen and oxygen atoms in total. The first kappa shape index (κ1) is 23.7. The maximum Gasteiger partial charge on any atom is 0.263 e. The quantitative estimate of drug-likeness (QED) is 0.632. The highest BCUT2D eigenvalue weighted by molar-refractivity contribution is 7.90. The molecule has 1 aliphatic heterocycles. The molecule has 9 heteroatoms. The largest absolute Gasteiger partial charge is 0.496 e. The molecule has 1 aliphatic rings. The van der Waals surface area contributed by atoms with Crippen molar-refractivity contribution in [2.75, 3.05) is 27.7 Å². The van der Waals surface area contributed by atoms with E-state index < -0.39 is 16.1 Å². The van der Waals surface area contributed by atoms with Crippen molar-refractivity contribution in [1.82, 2.24) is 14.9 Å². The van der Waals surface area contributed by atoms with Crippen LogP contribution in [0.2, 0.25) is 0 Å². The highest BCUT2D eigenvalue weighted by Crippen LogP contribution is 2.28. The number of sulfonamides is 1. The van der Waals surface area contributed by atoms with Crippen molar-refractivity contribution in [3.63, 3.8) is 0 Å². The molecule has 2 N–H and O–H groups in total. The summed E-state index contributed by atoms with van der Waals surface area (Å²) in [5.41, 5.74) is 1.44. The molecule has 172 valence electrons. The summed E-state index contributed by atoms with van der Waals surface area (Å²) < 4.78 is 32.7. The normalized spacial score (nSPS) is 17.7. The predicted octanol–water partition coefficient (Wildman–Crippen LogP) is 2.18. The number of fused-ring (bicyclic) bond motifs is 1. The van der Waals surface area contributed by atoms with Gasteiger partial charge in [0.15, 0.2) is 0 Å². The average molecular weight is 459 g/mol. The Hall–Kier alpha value is -2.91. The molecule has 2 atom stereocenters. The summed E-state index contributed by atoms with van der Waals surface area (Å²) in [5.74, 6) is 0.545. The Labute approximate surface area is 189 Å². The molecule has 0 saturated heterocycles. The number of aliphatic imine (C=N–C) groups is 1. The van der Waals surface area contributed by atoms with E-state index >= 15 is 0 Å². The second-order valence-electron chi connectivity index (χ2n) is 8.23. The molecule has 0 radical (unpaired) electrons. The molecule has 0 spiro atoms. The fourth-order valence-electron chi connectivity index (χ4n) is 3.69. The number of nitrogens with one attached hydrogen (secondary N) is 2. The number of para-hydroxylation sites is 1. The van der Waals surface area contributed by atoms with Gasteiger partial charge in [0.2, 0.25) is 5.91 Å². The molecule has 3 rings (SSSR count). The third-order valence-electron chi connectivity index (χ3n) is 5.42. The Bertz CT molecular complexity index is 1110. The Kier molecular flexibility index (Phi) is 7.20. The minimum atomic E-state index is -3.67. The molecule has 2 aromatic rings. The third kappa shape index (κ3) is 4.94. The number of likely N-dealkylation sites (N-methyl/N-ethyl adjacent to an activating group) is 1. The number of carbonyl (C=O) groups is 1. The molecule has 32 heavy (non-hydrogen) atoms. The SMILES string of the molecule is COc1ccccc1C(CNC(=O)[C@@H](N=C1NS(=O)(=O)c2ccccc21)C(C)C)N(C)C. The van der Waals surface area contributed by atoms with Crippen molar-refractivity contribution in [3.8, 4) is 5.75 Å². The van der Waals surface area contributed by atoms with Crippen LogP contribution in [0.1, 0.15) is 31.0 Å². The smallest absolute Gasteiger partial charge is 0.263 e. The fourth-order valence-corrected chi connectivity index (χ4v) is 4.93. The summed E-state index contributed by atoms with van der Waals surface area (Å²) in [6.45, 7) is 4.11. The Morgan fingerprint density at radius 2 is 1.78 bits per heavy atom. The molecule has 0 bridgehead atoms. The number of amidine groups is 1. The molecule has 1 heterocycles. The van der Waals surface area contributed by atoms with Gasteiger partial charge in [0.05, 0.1) is 18.0 Å². The zero-order chi connectivity index (χ0) is 23.5. The Morgan fingerprint density at radius 1 is 1.12 bits per heavy atom. The summed E-state index contributed by atoms with van der Waals surface area (Å²) in [7, 11) is 1.83. The number of methoxy groups -OCH3 is 1. The second-order valence-corrected chi connectivity index (χ2v) is 9.89. The van der Waals surface area contributed by atoms with Gasteiger partial charge in [-0.25, -0.2) is 8.42 Å². The van der Waals surface area contributed by atoms with Gasteiger partial charge in [-0.2, -0.15) is 0 Å². The number of nitrogens with zero attached hydrogens (tertiary/aromatic N) is 2. The highest BCUT2D eigenvalue weighted by atomic mass is 32.2. The Balaban J connectivity index is 1.83. The number of rotatable bonds is 8. The van der Waals surface area contributed by atoms with E-state index in [9.17, 15) is 13.2 Å². The second kappa shape index (κ2) is 9.70. The van der Waals surface area contributed by atoms with Crippen LogP contribution >= 0.6 is 0 Å². The number of benzene rings is 2. The zero-order valence-corrected chi connectivity index (χ0v) is 19.8. The van der Waals surface area contributed by atoms with Crippen molar-refractivity contribution in [2.24, 2.45) is 10.9 Å². The number of hydrogen-bond donors (Lipinski definition) is 2. The predicted molar refractivity (Wildman–Crippen MR) is 124 cm³/mol. The van der Waals surface area contributed by atoms with E-state index in [0.717, 1.165) is 11.3 Å².